The van der Waals surface area contributed by atoms with E-state index < -0.39 is 0 Å². The Balaban J connectivity index is 2.03. The number of nitrogens with zero attached hydrogens (tertiary/aromatic N) is 2. The fourth-order valence-electron chi connectivity index (χ4n) is 3.99. The van der Waals surface area contributed by atoms with E-state index in [9.17, 15) is 0 Å². The molecule has 4 rings (SSSR count). The Kier molecular flexibility index (Phi) is 5.48. The van der Waals surface area contributed by atoms with Gasteiger partial charge in [0.15, 0.2) is 0 Å². The predicted octanol–water partition coefficient (Wildman–Crippen LogP) is 6.42. The summed E-state index contributed by atoms with van der Waals surface area (Å²) < 4.78 is 5.35. The summed E-state index contributed by atoms with van der Waals surface area (Å²) in [6.07, 6.45) is 3.89. The average molecular weight is 383 g/mol. The molecule has 0 aliphatic carbocycles. The minimum atomic E-state index is 0.862. The van der Waals surface area contributed by atoms with E-state index in [1.807, 2.05) is 24.5 Å². The lowest BCUT2D eigenvalue weighted by Gasteiger charge is -2.25. The Labute approximate surface area is 172 Å². The second kappa shape index (κ2) is 8.36. The van der Waals surface area contributed by atoms with E-state index in [0.717, 1.165) is 18.8 Å². The molecule has 0 saturated heterocycles. The maximum absolute atomic E-state index is 5.35. The van der Waals surface area contributed by atoms with Gasteiger partial charge in [-0.3, -0.25) is 4.98 Å². The van der Waals surface area contributed by atoms with Crippen LogP contribution < -0.4 is 9.64 Å². The molecule has 3 nitrogen and oxygen atoms in total. The van der Waals surface area contributed by atoms with E-state index >= 15 is 0 Å². The van der Waals surface area contributed by atoms with Crippen molar-refractivity contribution >= 4 is 16.5 Å². The zero-order chi connectivity index (χ0) is 20.2. The van der Waals surface area contributed by atoms with Gasteiger partial charge >= 0.3 is 0 Å². The van der Waals surface area contributed by atoms with Crippen molar-refractivity contribution in [3.8, 4) is 28.0 Å². The Bertz CT molecular complexity index is 1120. The highest BCUT2D eigenvalue weighted by molar-refractivity contribution is 6.06. The second-order valence-corrected chi connectivity index (χ2v) is 7.00. The van der Waals surface area contributed by atoms with Crippen LogP contribution in [-0.2, 0) is 0 Å². The van der Waals surface area contributed by atoms with Crippen LogP contribution in [0.1, 0.15) is 13.8 Å². The molecule has 0 aliphatic heterocycles. The molecule has 3 aromatic carbocycles. The van der Waals surface area contributed by atoms with Crippen molar-refractivity contribution in [1.82, 2.24) is 4.98 Å². The SMILES string of the molecule is CCN(CC)c1ccncc1-c1c(-c2ccc(OC)cc2)ccc2ccccc12. The van der Waals surface area contributed by atoms with Gasteiger partial charge in [-0.2, -0.15) is 0 Å². The molecule has 0 N–H and O–H groups in total. The normalized spacial score (nSPS) is 10.9. The lowest BCUT2D eigenvalue weighted by molar-refractivity contribution is 0.415. The summed E-state index contributed by atoms with van der Waals surface area (Å²) in [7, 11) is 1.70. The predicted molar refractivity (Wildman–Crippen MR) is 123 cm³/mol. The first kappa shape index (κ1) is 19.0. The Hall–Kier alpha value is -3.33. The van der Waals surface area contributed by atoms with Gasteiger partial charge in [0.1, 0.15) is 5.75 Å². The van der Waals surface area contributed by atoms with Crippen LogP contribution in [0.5, 0.6) is 5.75 Å². The first-order valence-electron chi connectivity index (χ1n) is 10.1. The molecule has 0 fully saturated rings. The van der Waals surface area contributed by atoms with Gasteiger partial charge in [-0.25, -0.2) is 0 Å². The highest BCUT2D eigenvalue weighted by Crippen LogP contribution is 2.42. The van der Waals surface area contributed by atoms with Gasteiger partial charge in [-0.1, -0.05) is 48.5 Å². The molecule has 0 atom stereocenters. The maximum atomic E-state index is 5.35. The zero-order valence-electron chi connectivity index (χ0n) is 17.2. The first-order chi connectivity index (χ1) is 14.3. The van der Waals surface area contributed by atoms with Gasteiger partial charge in [0.2, 0.25) is 0 Å². The van der Waals surface area contributed by atoms with Gasteiger partial charge in [0.25, 0.3) is 0 Å². The number of hydrogen-bond donors (Lipinski definition) is 0. The third-order valence-corrected chi connectivity index (χ3v) is 5.50. The highest BCUT2D eigenvalue weighted by atomic mass is 16.5. The highest BCUT2D eigenvalue weighted by Gasteiger charge is 2.17. The number of pyridine rings is 1. The number of rotatable bonds is 6. The Morgan fingerprint density at radius 2 is 1.59 bits per heavy atom. The van der Waals surface area contributed by atoms with Gasteiger partial charge in [0, 0.05) is 42.3 Å². The van der Waals surface area contributed by atoms with Crippen molar-refractivity contribution in [3.05, 3.63) is 79.1 Å². The molecule has 4 aromatic rings. The molecular formula is C26H26N2O. The molecule has 0 bridgehead atoms. The molecule has 146 valence electrons. The summed E-state index contributed by atoms with van der Waals surface area (Å²) >= 11 is 0. The molecular weight excluding hydrogens is 356 g/mol. The molecule has 3 heteroatoms. The minimum absolute atomic E-state index is 0.862. The largest absolute Gasteiger partial charge is 0.497 e. The molecule has 0 unspecified atom stereocenters. The van der Waals surface area contributed by atoms with Crippen molar-refractivity contribution in [2.45, 2.75) is 13.8 Å². The number of ether oxygens (including phenoxy) is 1. The van der Waals surface area contributed by atoms with Gasteiger partial charge < -0.3 is 9.64 Å². The van der Waals surface area contributed by atoms with Crippen LogP contribution in [0.3, 0.4) is 0 Å². The average Bonchev–Trinajstić information content (AvgIpc) is 2.79. The second-order valence-electron chi connectivity index (χ2n) is 7.00. The smallest absolute Gasteiger partial charge is 0.118 e. The Morgan fingerprint density at radius 3 is 2.31 bits per heavy atom. The van der Waals surface area contributed by atoms with Gasteiger partial charge in [-0.05, 0) is 53.9 Å². The van der Waals surface area contributed by atoms with E-state index in [4.69, 9.17) is 4.74 Å². The molecule has 0 spiro atoms. The van der Waals surface area contributed by atoms with Crippen molar-refractivity contribution in [2.24, 2.45) is 0 Å². The number of methoxy groups -OCH3 is 1. The molecule has 0 saturated carbocycles. The monoisotopic (exact) mass is 382 g/mol. The quantitative estimate of drug-likeness (QED) is 0.384. The molecule has 1 aromatic heterocycles. The van der Waals surface area contributed by atoms with Crippen LogP contribution in [0.2, 0.25) is 0 Å². The van der Waals surface area contributed by atoms with Crippen LogP contribution in [-0.4, -0.2) is 25.2 Å². The zero-order valence-corrected chi connectivity index (χ0v) is 17.2. The number of anilines is 1. The summed E-state index contributed by atoms with van der Waals surface area (Å²) in [5.41, 5.74) is 5.98. The summed E-state index contributed by atoms with van der Waals surface area (Å²) in [5, 5.41) is 2.47. The van der Waals surface area contributed by atoms with E-state index in [1.165, 1.54) is 38.7 Å². The Morgan fingerprint density at radius 1 is 0.828 bits per heavy atom. The number of benzene rings is 3. The molecule has 0 radical (unpaired) electrons. The van der Waals surface area contributed by atoms with Crippen LogP contribution in [0.25, 0.3) is 33.0 Å². The van der Waals surface area contributed by atoms with Crippen molar-refractivity contribution in [2.75, 3.05) is 25.1 Å². The van der Waals surface area contributed by atoms with Crippen molar-refractivity contribution in [1.29, 1.82) is 0 Å². The van der Waals surface area contributed by atoms with E-state index in [2.05, 4.69) is 78.3 Å². The van der Waals surface area contributed by atoms with Gasteiger partial charge in [0.05, 0.1) is 7.11 Å². The number of hydrogen-bond acceptors (Lipinski definition) is 3. The summed E-state index contributed by atoms with van der Waals surface area (Å²) in [5.74, 6) is 0.862. The molecule has 0 amide bonds. The fourth-order valence-corrected chi connectivity index (χ4v) is 3.99. The fraction of sp³-hybridized carbons (Fsp3) is 0.192. The summed E-state index contributed by atoms with van der Waals surface area (Å²) in [6.45, 7) is 6.30. The number of fused-ring (bicyclic) bond motifs is 1. The summed E-state index contributed by atoms with van der Waals surface area (Å²) in [4.78, 5) is 6.88. The standard InChI is InChI=1S/C26H26N2O/c1-4-28(5-2)25-16-17-27-18-24(25)26-22-9-7-6-8-19(22)12-15-23(26)20-10-13-21(29-3)14-11-20/h6-18H,4-5H2,1-3H3. The maximum Gasteiger partial charge on any atom is 0.118 e. The van der Waals surface area contributed by atoms with E-state index in [0.29, 0.717) is 0 Å². The van der Waals surface area contributed by atoms with Crippen LogP contribution in [0.4, 0.5) is 5.69 Å². The minimum Gasteiger partial charge on any atom is -0.497 e. The topological polar surface area (TPSA) is 25.4 Å². The van der Waals surface area contributed by atoms with E-state index in [-0.39, 0.29) is 0 Å². The van der Waals surface area contributed by atoms with Gasteiger partial charge in [-0.15, -0.1) is 0 Å². The molecule has 0 aliphatic rings. The van der Waals surface area contributed by atoms with Crippen LogP contribution in [0, 0.1) is 0 Å². The van der Waals surface area contributed by atoms with Crippen molar-refractivity contribution < 1.29 is 4.74 Å². The summed E-state index contributed by atoms with van der Waals surface area (Å²) in [6, 6.07) is 23.4. The molecule has 29 heavy (non-hydrogen) atoms. The van der Waals surface area contributed by atoms with Crippen molar-refractivity contribution in [3.63, 3.8) is 0 Å². The van der Waals surface area contributed by atoms with Crippen LogP contribution >= 0.6 is 0 Å². The van der Waals surface area contributed by atoms with E-state index in [1.54, 1.807) is 7.11 Å². The lowest BCUT2D eigenvalue weighted by atomic mass is 9.89. The third-order valence-electron chi connectivity index (χ3n) is 5.50. The lowest BCUT2D eigenvalue weighted by Crippen LogP contribution is -2.22. The number of aromatic nitrogens is 1. The molecule has 1 heterocycles. The van der Waals surface area contributed by atoms with Crippen LogP contribution in [0.15, 0.2) is 79.1 Å². The first-order valence-corrected chi connectivity index (χ1v) is 10.1. The third kappa shape index (κ3) is 3.56.